The average Bonchev–Trinajstić information content (AvgIpc) is 2.52. The molecular formula is C10H20N2O2. The summed E-state index contributed by atoms with van der Waals surface area (Å²) in [5, 5.41) is 14.9. The van der Waals surface area contributed by atoms with Crippen molar-refractivity contribution in [3.8, 4) is 0 Å². The number of carbonyl (C=O) groups excluding carboxylic acids is 1. The molecular weight excluding hydrogens is 180 g/mol. The van der Waals surface area contributed by atoms with E-state index in [-0.39, 0.29) is 24.2 Å². The number of aliphatic hydroxyl groups excluding tert-OH is 1. The average molecular weight is 200 g/mol. The first kappa shape index (κ1) is 11.3. The second-order valence-electron chi connectivity index (χ2n) is 4.40. The Bertz CT molecular complexity index is 198. The van der Waals surface area contributed by atoms with Gasteiger partial charge in [0.1, 0.15) is 0 Å². The van der Waals surface area contributed by atoms with Gasteiger partial charge in [-0.15, -0.1) is 0 Å². The quantitative estimate of drug-likeness (QED) is 0.636. The van der Waals surface area contributed by atoms with Gasteiger partial charge >= 0.3 is 6.03 Å². The van der Waals surface area contributed by atoms with E-state index in [0.717, 1.165) is 25.7 Å². The predicted octanol–water partition coefficient (Wildman–Crippen LogP) is 0.999. The van der Waals surface area contributed by atoms with Gasteiger partial charge in [-0.05, 0) is 26.7 Å². The van der Waals surface area contributed by atoms with Crippen LogP contribution in [0.3, 0.4) is 0 Å². The Balaban J connectivity index is 2.44. The lowest BCUT2D eigenvalue weighted by Gasteiger charge is -2.28. The van der Waals surface area contributed by atoms with E-state index >= 15 is 0 Å². The highest BCUT2D eigenvalue weighted by atomic mass is 16.3. The molecule has 1 fully saturated rings. The zero-order valence-electron chi connectivity index (χ0n) is 8.97. The minimum absolute atomic E-state index is 0.0402. The Hall–Kier alpha value is -0.770. The topological polar surface area (TPSA) is 61.4 Å². The number of amides is 2. The van der Waals surface area contributed by atoms with Crippen molar-refractivity contribution in [1.82, 2.24) is 10.6 Å². The Labute approximate surface area is 85.1 Å². The summed E-state index contributed by atoms with van der Waals surface area (Å²) < 4.78 is 0. The molecule has 82 valence electrons. The van der Waals surface area contributed by atoms with Crippen LogP contribution in [0, 0.1) is 0 Å². The van der Waals surface area contributed by atoms with Gasteiger partial charge in [0.2, 0.25) is 0 Å². The highest BCUT2D eigenvalue weighted by Crippen LogP contribution is 2.28. The molecule has 0 spiro atoms. The molecule has 1 saturated carbocycles. The standard InChI is InChI=1S/C10H20N2O2/c1-8(2)11-9(14)12-10(7-13)5-3-4-6-10/h8,13H,3-7H2,1-2H3,(H2,11,12,14). The number of urea groups is 1. The number of aliphatic hydroxyl groups is 1. The van der Waals surface area contributed by atoms with Crippen molar-refractivity contribution in [2.24, 2.45) is 0 Å². The summed E-state index contributed by atoms with van der Waals surface area (Å²) in [6.07, 6.45) is 3.94. The van der Waals surface area contributed by atoms with Gasteiger partial charge in [0.15, 0.2) is 0 Å². The lowest BCUT2D eigenvalue weighted by atomic mass is 9.99. The van der Waals surface area contributed by atoms with Crippen LogP contribution in [0.4, 0.5) is 4.79 Å². The fourth-order valence-corrected chi connectivity index (χ4v) is 1.91. The van der Waals surface area contributed by atoms with Crippen molar-refractivity contribution in [1.29, 1.82) is 0 Å². The molecule has 1 aliphatic rings. The van der Waals surface area contributed by atoms with Crippen LogP contribution in [-0.2, 0) is 0 Å². The van der Waals surface area contributed by atoms with E-state index in [9.17, 15) is 9.90 Å². The van der Waals surface area contributed by atoms with Crippen molar-refractivity contribution in [2.45, 2.75) is 51.1 Å². The molecule has 2 amide bonds. The van der Waals surface area contributed by atoms with Crippen LogP contribution in [-0.4, -0.2) is 29.3 Å². The third kappa shape index (κ3) is 2.87. The molecule has 0 heterocycles. The van der Waals surface area contributed by atoms with Crippen LogP contribution < -0.4 is 10.6 Å². The van der Waals surface area contributed by atoms with Crippen LogP contribution >= 0.6 is 0 Å². The molecule has 0 aliphatic heterocycles. The number of carbonyl (C=O) groups is 1. The lowest BCUT2D eigenvalue weighted by molar-refractivity contribution is 0.162. The molecule has 4 nitrogen and oxygen atoms in total. The first-order valence-corrected chi connectivity index (χ1v) is 5.27. The number of hydrogen-bond acceptors (Lipinski definition) is 2. The molecule has 0 aromatic carbocycles. The number of rotatable bonds is 3. The fourth-order valence-electron chi connectivity index (χ4n) is 1.91. The van der Waals surface area contributed by atoms with Gasteiger partial charge < -0.3 is 15.7 Å². The molecule has 0 aromatic rings. The normalized spacial score (nSPS) is 19.7. The largest absolute Gasteiger partial charge is 0.394 e. The van der Waals surface area contributed by atoms with E-state index in [1.54, 1.807) is 0 Å². The molecule has 3 N–H and O–H groups in total. The zero-order valence-corrected chi connectivity index (χ0v) is 8.97. The summed E-state index contributed by atoms with van der Waals surface area (Å²) in [5.41, 5.74) is -0.362. The monoisotopic (exact) mass is 200 g/mol. The summed E-state index contributed by atoms with van der Waals surface area (Å²) in [5.74, 6) is 0. The van der Waals surface area contributed by atoms with Crippen molar-refractivity contribution in [3.63, 3.8) is 0 Å². The summed E-state index contributed by atoms with van der Waals surface area (Å²) in [6.45, 7) is 3.87. The molecule has 0 aromatic heterocycles. The smallest absolute Gasteiger partial charge is 0.315 e. The maximum atomic E-state index is 11.4. The molecule has 0 bridgehead atoms. The third-order valence-corrected chi connectivity index (χ3v) is 2.66. The molecule has 0 radical (unpaired) electrons. The number of hydrogen-bond donors (Lipinski definition) is 3. The molecule has 0 unspecified atom stereocenters. The van der Waals surface area contributed by atoms with Gasteiger partial charge in [0, 0.05) is 6.04 Å². The maximum absolute atomic E-state index is 11.4. The van der Waals surface area contributed by atoms with E-state index in [1.807, 2.05) is 13.8 Å². The molecule has 0 saturated heterocycles. The molecule has 1 aliphatic carbocycles. The Morgan fingerprint density at radius 2 is 2.00 bits per heavy atom. The Morgan fingerprint density at radius 3 is 2.43 bits per heavy atom. The van der Waals surface area contributed by atoms with Crippen LogP contribution in [0.25, 0.3) is 0 Å². The number of nitrogens with one attached hydrogen (secondary N) is 2. The van der Waals surface area contributed by atoms with Gasteiger partial charge in [-0.1, -0.05) is 12.8 Å². The van der Waals surface area contributed by atoms with Gasteiger partial charge in [-0.25, -0.2) is 4.79 Å². The van der Waals surface area contributed by atoms with Crippen LogP contribution in [0.5, 0.6) is 0 Å². The van der Waals surface area contributed by atoms with Gasteiger partial charge in [-0.3, -0.25) is 0 Å². The minimum Gasteiger partial charge on any atom is -0.394 e. The zero-order chi connectivity index (χ0) is 10.6. The Kier molecular flexibility index (Phi) is 3.75. The minimum atomic E-state index is -0.362. The van der Waals surface area contributed by atoms with Crippen LogP contribution in [0.15, 0.2) is 0 Å². The summed E-state index contributed by atoms with van der Waals surface area (Å²) in [4.78, 5) is 11.4. The van der Waals surface area contributed by atoms with Gasteiger partial charge in [-0.2, -0.15) is 0 Å². The van der Waals surface area contributed by atoms with Crippen LogP contribution in [0.1, 0.15) is 39.5 Å². The second kappa shape index (κ2) is 4.64. The second-order valence-corrected chi connectivity index (χ2v) is 4.40. The van der Waals surface area contributed by atoms with Crippen molar-refractivity contribution in [3.05, 3.63) is 0 Å². The van der Waals surface area contributed by atoms with E-state index in [2.05, 4.69) is 10.6 Å². The van der Waals surface area contributed by atoms with Crippen molar-refractivity contribution < 1.29 is 9.90 Å². The summed E-state index contributed by atoms with van der Waals surface area (Å²) in [7, 11) is 0. The maximum Gasteiger partial charge on any atom is 0.315 e. The highest BCUT2D eigenvalue weighted by Gasteiger charge is 2.34. The van der Waals surface area contributed by atoms with Gasteiger partial charge in [0.05, 0.1) is 12.1 Å². The van der Waals surface area contributed by atoms with Crippen molar-refractivity contribution >= 4 is 6.03 Å². The molecule has 0 atom stereocenters. The van der Waals surface area contributed by atoms with E-state index < -0.39 is 0 Å². The van der Waals surface area contributed by atoms with Crippen LogP contribution in [0.2, 0.25) is 0 Å². The van der Waals surface area contributed by atoms with E-state index in [4.69, 9.17) is 0 Å². The fraction of sp³-hybridized carbons (Fsp3) is 0.900. The first-order valence-electron chi connectivity index (χ1n) is 5.27. The first-order chi connectivity index (χ1) is 6.58. The van der Waals surface area contributed by atoms with E-state index in [1.165, 1.54) is 0 Å². The SMILES string of the molecule is CC(C)NC(=O)NC1(CO)CCCC1. The van der Waals surface area contributed by atoms with Crippen molar-refractivity contribution in [2.75, 3.05) is 6.61 Å². The van der Waals surface area contributed by atoms with Gasteiger partial charge in [0.25, 0.3) is 0 Å². The molecule has 14 heavy (non-hydrogen) atoms. The van der Waals surface area contributed by atoms with E-state index in [0.29, 0.717) is 0 Å². The third-order valence-electron chi connectivity index (χ3n) is 2.66. The predicted molar refractivity (Wildman–Crippen MR) is 55.1 cm³/mol. The Morgan fingerprint density at radius 1 is 1.43 bits per heavy atom. The summed E-state index contributed by atoms with van der Waals surface area (Å²) >= 11 is 0. The molecule has 4 heteroatoms. The lowest BCUT2D eigenvalue weighted by Crippen LogP contribution is -2.53. The summed E-state index contributed by atoms with van der Waals surface area (Å²) in [6, 6.07) is -0.0388. The highest BCUT2D eigenvalue weighted by molar-refractivity contribution is 5.75. The molecule has 1 rings (SSSR count).